The van der Waals surface area contributed by atoms with Gasteiger partial charge >= 0.3 is 5.97 Å². The Morgan fingerprint density at radius 1 is 1.47 bits per heavy atom. The lowest BCUT2D eigenvalue weighted by atomic mass is 10.1. The molecular formula is C8H17NO5S. The van der Waals surface area contributed by atoms with E-state index in [1.807, 2.05) is 0 Å². The average Bonchev–Trinajstić information content (AvgIpc) is 2.13. The summed E-state index contributed by atoms with van der Waals surface area (Å²) < 4.78 is 24.6. The number of sulfonamides is 1. The molecular weight excluding hydrogens is 222 g/mol. The normalized spacial score (nSPS) is 15.9. The van der Waals surface area contributed by atoms with Crippen molar-refractivity contribution in [1.29, 1.82) is 0 Å². The SMILES string of the molecule is CCC(C)(O)CNS(=O)(=O)CCC(=O)O. The van der Waals surface area contributed by atoms with Crippen molar-refractivity contribution in [2.24, 2.45) is 0 Å². The molecule has 0 aromatic carbocycles. The van der Waals surface area contributed by atoms with Gasteiger partial charge in [-0.2, -0.15) is 0 Å². The third kappa shape index (κ3) is 7.29. The molecule has 1 unspecified atom stereocenters. The average molecular weight is 239 g/mol. The number of aliphatic hydroxyl groups is 1. The fourth-order valence-corrected chi connectivity index (χ4v) is 1.80. The van der Waals surface area contributed by atoms with E-state index in [0.717, 1.165) is 0 Å². The molecule has 0 rings (SSSR count). The van der Waals surface area contributed by atoms with Crippen LogP contribution in [-0.2, 0) is 14.8 Å². The molecule has 0 spiro atoms. The van der Waals surface area contributed by atoms with Crippen LogP contribution in [0.25, 0.3) is 0 Å². The van der Waals surface area contributed by atoms with Crippen LogP contribution >= 0.6 is 0 Å². The van der Waals surface area contributed by atoms with Gasteiger partial charge in [-0.1, -0.05) is 6.92 Å². The molecule has 0 fully saturated rings. The molecule has 0 saturated heterocycles. The first-order valence-corrected chi connectivity index (χ1v) is 6.25. The predicted molar refractivity (Wildman–Crippen MR) is 55.0 cm³/mol. The van der Waals surface area contributed by atoms with Gasteiger partial charge in [0.05, 0.1) is 17.8 Å². The van der Waals surface area contributed by atoms with Crippen molar-refractivity contribution in [1.82, 2.24) is 4.72 Å². The molecule has 0 bridgehead atoms. The molecule has 0 aliphatic heterocycles. The van der Waals surface area contributed by atoms with Gasteiger partial charge in [0.15, 0.2) is 0 Å². The Labute approximate surface area is 89.4 Å². The smallest absolute Gasteiger partial charge is 0.304 e. The summed E-state index contributed by atoms with van der Waals surface area (Å²) in [6.07, 6.45) is -0.0297. The van der Waals surface area contributed by atoms with Crippen LogP contribution in [-0.4, -0.2) is 42.5 Å². The first-order chi connectivity index (χ1) is 6.68. The van der Waals surface area contributed by atoms with E-state index >= 15 is 0 Å². The zero-order valence-corrected chi connectivity index (χ0v) is 9.67. The lowest BCUT2D eigenvalue weighted by Crippen LogP contribution is -2.41. The van der Waals surface area contributed by atoms with E-state index < -0.39 is 33.8 Å². The highest BCUT2D eigenvalue weighted by Gasteiger charge is 2.21. The zero-order chi connectivity index (χ0) is 12.1. The summed E-state index contributed by atoms with van der Waals surface area (Å²) in [5.41, 5.74) is -1.10. The summed E-state index contributed by atoms with van der Waals surface area (Å²) in [5, 5.41) is 17.8. The van der Waals surface area contributed by atoms with Gasteiger partial charge in [0.25, 0.3) is 0 Å². The second kappa shape index (κ2) is 5.43. The van der Waals surface area contributed by atoms with Gasteiger partial charge in [-0.05, 0) is 13.3 Å². The number of carboxylic acid groups (broad SMARTS) is 1. The fourth-order valence-electron chi connectivity index (χ4n) is 0.684. The minimum atomic E-state index is -3.61. The quantitative estimate of drug-likeness (QED) is 0.558. The van der Waals surface area contributed by atoms with Gasteiger partial charge in [-0.15, -0.1) is 0 Å². The Morgan fingerprint density at radius 2 is 2.00 bits per heavy atom. The predicted octanol–water partition coefficient (Wildman–Crippen LogP) is -0.458. The molecule has 0 aliphatic carbocycles. The maximum atomic E-state index is 11.2. The Balaban J connectivity index is 4.11. The van der Waals surface area contributed by atoms with E-state index in [1.165, 1.54) is 6.92 Å². The maximum absolute atomic E-state index is 11.2. The van der Waals surface area contributed by atoms with Gasteiger partial charge in [-0.3, -0.25) is 4.79 Å². The summed E-state index contributed by atoms with van der Waals surface area (Å²) in [4.78, 5) is 10.2. The molecule has 6 nitrogen and oxygen atoms in total. The topological polar surface area (TPSA) is 104 Å². The third-order valence-electron chi connectivity index (χ3n) is 2.02. The largest absolute Gasteiger partial charge is 0.481 e. The molecule has 15 heavy (non-hydrogen) atoms. The highest BCUT2D eigenvalue weighted by molar-refractivity contribution is 7.89. The van der Waals surface area contributed by atoms with Crippen molar-refractivity contribution in [2.75, 3.05) is 12.3 Å². The molecule has 0 saturated carbocycles. The number of nitrogens with one attached hydrogen (secondary N) is 1. The maximum Gasteiger partial charge on any atom is 0.304 e. The van der Waals surface area contributed by atoms with Crippen molar-refractivity contribution >= 4 is 16.0 Å². The first-order valence-electron chi connectivity index (χ1n) is 4.60. The van der Waals surface area contributed by atoms with Crippen LogP contribution in [0.2, 0.25) is 0 Å². The second-order valence-electron chi connectivity index (χ2n) is 3.63. The van der Waals surface area contributed by atoms with Crippen LogP contribution in [0.15, 0.2) is 0 Å². The fraction of sp³-hybridized carbons (Fsp3) is 0.875. The number of hydrogen-bond acceptors (Lipinski definition) is 4. The number of aliphatic carboxylic acids is 1. The zero-order valence-electron chi connectivity index (χ0n) is 8.86. The molecule has 7 heteroatoms. The monoisotopic (exact) mass is 239 g/mol. The third-order valence-corrected chi connectivity index (χ3v) is 3.34. The van der Waals surface area contributed by atoms with Crippen LogP contribution in [0.4, 0.5) is 0 Å². The van der Waals surface area contributed by atoms with E-state index in [2.05, 4.69) is 4.72 Å². The molecule has 0 aromatic rings. The van der Waals surface area contributed by atoms with Crippen LogP contribution in [0, 0.1) is 0 Å². The highest BCUT2D eigenvalue weighted by atomic mass is 32.2. The standard InChI is InChI=1S/C8H17NO5S/c1-3-8(2,12)6-9-15(13,14)5-4-7(10)11/h9,12H,3-6H2,1-2H3,(H,10,11). The minimum Gasteiger partial charge on any atom is -0.481 e. The molecule has 90 valence electrons. The molecule has 3 N–H and O–H groups in total. The minimum absolute atomic E-state index is 0.106. The Hall–Kier alpha value is -0.660. The van der Waals surface area contributed by atoms with Crippen molar-refractivity contribution in [2.45, 2.75) is 32.3 Å². The summed E-state index contributed by atoms with van der Waals surface area (Å²) in [7, 11) is -3.61. The lowest BCUT2D eigenvalue weighted by molar-refractivity contribution is -0.136. The van der Waals surface area contributed by atoms with Gasteiger partial charge in [0.1, 0.15) is 0 Å². The molecule has 0 radical (unpaired) electrons. The van der Waals surface area contributed by atoms with E-state index in [0.29, 0.717) is 6.42 Å². The first kappa shape index (κ1) is 14.3. The molecule has 0 amide bonds. The van der Waals surface area contributed by atoms with Crippen LogP contribution in [0.1, 0.15) is 26.7 Å². The van der Waals surface area contributed by atoms with Crippen LogP contribution in [0.5, 0.6) is 0 Å². The molecule has 1 atom stereocenters. The number of carbonyl (C=O) groups is 1. The van der Waals surface area contributed by atoms with E-state index in [4.69, 9.17) is 5.11 Å². The molecule has 0 aromatic heterocycles. The summed E-state index contributed by atoms with van der Waals surface area (Å²) >= 11 is 0. The summed E-state index contributed by atoms with van der Waals surface area (Å²) in [5.74, 6) is -1.63. The van der Waals surface area contributed by atoms with E-state index in [1.54, 1.807) is 6.92 Å². The van der Waals surface area contributed by atoms with Crippen molar-refractivity contribution in [3.05, 3.63) is 0 Å². The van der Waals surface area contributed by atoms with E-state index in [9.17, 15) is 18.3 Å². The van der Waals surface area contributed by atoms with Crippen LogP contribution < -0.4 is 4.72 Å². The van der Waals surface area contributed by atoms with Crippen molar-refractivity contribution in [3.8, 4) is 0 Å². The Kier molecular flexibility index (Phi) is 5.19. The van der Waals surface area contributed by atoms with Crippen molar-refractivity contribution < 1.29 is 23.4 Å². The van der Waals surface area contributed by atoms with E-state index in [-0.39, 0.29) is 6.54 Å². The summed E-state index contributed by atoms with van der Waals surface area (Å²) in [6.45, 7) is 3.13. The molecule has 0 aliphatic rings. The van der Waals surface area contributed by atoms with Gasteiger partial charge in [-0.25, -0.2) is 13.1 Å². The molecule has 0 heterocycles. The number of hydrogen-bond donors (Lipinski definition) is 3. The Bertz CT molecular complexity index is 309. The number of rotatable bonds is 7. The summed E-state index contributed by atoms with van der Waals surface area (Å²) in [6, 6.07) is 0. The highest BCUT2D eigenvalue weighted by Crippen LogP contribution is 2.06. The van der Waals surface area contributed by atoms with Gasteiger partial charge in [0.2, 0.25) is 10.0 Å². The van der Waals surface area contributed by atoms with Crippen LogP contribution in [0.3, 0.4) is 0 Å². The second-order valence-corrected chi connectivity index (χ2v) is 5.56. The number of carboxylic acids is 1. The van der Waals surface area contributed by atoms with Gasteiger partial charge in [0, 0.05) is 6.54 Å². The lowest BCUT2D eigenvalue weighted by Gasteiger charge is -2.21. The van der Waals surface area contributed by atoms with Crippen molar-refractivity contribution in [3.63, 3.8) is 0 Å². The Morgan fingerprint density at radius 3 is 2.40 bits per heavy atom. The van der Waals surface area contributed by atoms with Gasteiger partial charge < -0.3 is 10.2 Å².